The van der Waals surface area contributed by atoms with Crippen LogP contribution >= 0.6 is 0 Å². The normalized spacial score (nSPS) is 37.3. The molecule has 1 unspecified atom stereocenters. The molecule has 14 heavy (non-hydrogen) atoms. The molecule has 80 valence electrons. The molecule has 0 aromatic heterocycles. The van der Waals surface area contributed by atoms with Crippen LogP contribution in [-0.4, -0.2) is 62.5 Å². The van der Waals surface area contributed by atoms with Crippen molar-refractivity contribution in [2.75, 3.05) is 46.0 Å². The maximum absolute atomic E-state index is 5.90. The zero-order chi connectivity index (χ0) is 9.43. The third kappa shape index (κ3) is 1.46. The van der Waals surface area contributed by atoms with Gasteiger partial charge in [0.05, 0.1) is 25.4 Å². The second-order valence-corrected chi connectivity index (χ2v) is 4.60. The Labute approximate surface area is 84.5 Å². The van der Waals surface area contributed by atoms with Gasteiger partial charge in [-0.05, 0) is 6.42 Å². The third-order valence-corrected chi connectivity index (χ3v) is 3.65. The lowest BCUT2D eigenvalue weighted by Crippen LogP contribution is -2.59. The lowest BCUT2D eigenvalue weighted by molar-refractivity contribution is -0.0375. The highest BCUT2D eigenvalue weighted by atomic mass is 16.5. The topological polar surface area (TPSA) is 33.7 Å². The zero-order valence-corrected chi connectivity index (χ0v) is 8.50. The van der Waals surface area contributed by atoms with Gasteiger partial charge in [-0.3, -0.25) is 4.90 Å². The van der Waals surface area contributed by atoms with Gasteiger partial charge >= 0.3 is 0 Å². The molecule has 1 atom stereocenters. The summed E-state index contributed by atoms with van der Waals surface area (Å²) in [6.07, 6.45) is 1.21. The molecule has 0 amide bonds. The first-order chi connectivity index (χ1) is 6.88. The number of nitrogens with zero attached hydrogens (tertiary/aromatic N) is 1. The Kier molecular flexibility index (Phi) is 2.24. The van der Waals surface area contributed by atoms with Crippen LogP contribution in [-0.2, 0) is 9.47 Å². The van der Waals surface area contributed by atoms with Gasteiger partial charge in [-0.25, -0.2) is 0 Å². The highest BCUT2D eigenvalue weighted by Gasteiger charge is 2.46. The summed E-state index contributed by atoms with van der Waals surface area (Å²) in [7, 11) is 0. The van der Waals surface area contributed by atoms with Gasteiger partial charge in [0.25, 0.3) is 0 Å². The van der Waals surface area contributed by atoms with E-state index in [1.54, 1.807) is 0 Å². The van der Waals surface area contributed by atoms with Crippen LogP contribution in [0.1, 0.15) is 6.42 Å². The number of morpholine rings is 1. The number of nitrogens with one attached hydrogen (secondary N) is 1. The summed E-state index contributed by atoms with van der Waals surface area (Å²) in [5, 5.41) is 3.30. The van der Waals surface area contributed by atoms with Crippen molar-refractivity contribution in [2.45, 2.75) is 18.1 Å². The van der Waals surface area contributed by atoms with Gasteiger partial charge in [0.15, 0.2) is 0 Å². The Morgan fingerprint density at radius 2 is 2.00 bits per heavy atom. The highest BCUT2D eigenvalue weighted by Crippen LogP contribution is 2.32. The minimum Gasteiger partial charge on any atom is -0.379 e. The Balaban J connectivity index is 1.58. The molecule has 1 spiro atoms. The van der Waals surface area contributed by atoms with Gasteiger partial charge in [0, 0.05) is 32.2 Å². The SMILES string of the molecule is C1CN(C2COC3(CNC3)C2)CCO1. The van der Waals surface area contributed by atoms with Crippen molar-refractivity contribution in [3.63, 3.8) is 0 Å². The largest absolute Gasteiger partial charge is 0.379 e. The van der Waals surface area contributed by atoms with Gasteiger partial charge < -0.3 is 14.8 Å². The smallest absolute Gasteiger partial charge is 0.0946 e. The van der Waals surface area contributed by atoms with E-state index in [-0.39, 0.29) is 5.60 Å². The average molecular weight is 198 g/mol. The molecule has 3 heterocycles. The predicted octanol–water partition coefficient (Wildman–Crippen LogP) is -0.550. The fourth-order valence-electron chi connectivity index (χ4n) is 2.65. The summed E-state index contributed by atoms with van der Waals surface area (Å²) in [6, 6.07) is 0.640. The molecule has 0 aromatic carbocycles. The van der Waals surface area contributed by atoms with Gasteiger partial charge in [0.1, 0.15) is 0 Å². The maximum atomic E-state index is 5.90. The van der Waals surface area contributed by atoms with Crippen molar-refractivity contribution in [3.8, 4) is 0 Å². The van der Waals surface area contributed by atoms with Crippen LogP contribution in [0.5, 0.6) is 0 Å². The van der Waals surface area contributed by atoms with Crippen LogP contribution in [0.4, 0.5) is 0 Å². The van der Waals surface area contributed by atoms with Gasteiger partial charge in [0.2, 0.25) is 0 Å². The second-order valence-electron chi connectivity index (χ2n) is 4.60. The zero-order valence-electron chi connectivity index (χ0n) is 8.50. The van der Waals surface area contributed by atoms with Crippen molar-refractivity contribution in [1.82, 2.24) is 10.2 Å². The van der Waals surface area contributed by atoms with Crippen LogP contribution in [0.2, 0.25) is 0 Å². The number of hydrogen-bond donors (Lipinski definition) is 1. The van der Waals surface area contributed by atoms with E-state index in [1.807, 2.05) is 0 Å². The van der Waals surface area contributed by atoms with Gasteiger partial charge in [-0.1, -0.05) is 0 Å². The summed E-state index contributed by atoms with van der Waals surface area (Å²) < 4.78 is 11.3. The van der Waals surface area contributed by atoms with Crippen molar-refractivity contribution in [1.29, 1.82) is 0 Å². The van der Waals surface area contributed by atoms with E-state index in [1.165, 1.54) is 6.42 Å². The highest BCUT2D eigenvalue weighted by molar-refractivity contribution is 5.02. The summed E-state index contributed by atoms with van der Waals surface area (Å²) in [6.45, 7) is 6.96. The van der Waals surface area contributed by atoms with Crippen LogP contribution < -0.4 is 5.32 Å². The average Bonchev–Trinajstić information content (AvgIpc) is 2.63. The fraction of sp³-hybridized carbons (Fsp3) is 1.00. The first-order valence-electron chi connectivity index (χ1n) is 5.55. The molecule has 0 aliphatic carbocycles. The van der Waals surface area contributed by atoms with E-state index in [4.69, 9.17) is 9.47 Å². The van der Waals surface area contributed by atoms with Crippen LogP contribution in [0.15, 0.2) is 0 Å². The minimum atomic E-state index is 0.197. The first-order valence-corrected chi connectivity index (χ1v) is 5.55. The van der Waals surface area contributed by atoms with E-state index in [2.05, 4.69) is 10.2 Å². The number of hydrogen-bond acceptors (Lipinski definition) is 4. The Bertz CT molecular complexity index is 212. The van der Waals surface area contributed by atoms with E-state index in [0.717, 1.165) is 46.0 Å². The van der Waals surface area contributed by atoms with Gasteiger partial charge in [-0.15, -0.1) is 0 Å². The maximum Gasteiger partial charge on any atom is 0.0946 e. The molecular weight excluding hydrogens is 180 g/mol. The van der Waals surface area contributed by atoms with E-state index in [0.29, 0.717) is 6.04 Å². The Morgan fingerprint density at radius 3 is 2.57 bits per heavy atom. The molecule has 0 radical (unpaired) electrons. The summed E-state index contributed by atoms with van der Waals surface area (Å²) in [5.41, 5.74) is 0.197. The second kappa shape index (κ2) is 3.45. The Morgan fingerprint density at radius 1 is 1.21 bits per heavy atom. The van der Waals surface area contributed by atoms with Crippen molar-refractivity contribution in [3.05, 3.63) is 0 Å². The quantitative estimate of drug-likeness (QED) is 0.613. The van der Waals surface area contributed by atoms with Crippen LogP contribution in [0, 0.1) is 0 Å². The third-order valence-electron chi connectivity index (χ3n) is 3.65. The van der Waals surface area contributed by atoms with Crippen LogP contribution in [0.25, 0.3) is 0 Å². The molecule has 0 saturated carbocycles. The lowest BCUT2D eigenvalue weighted by atomic mass is 9.91. The van der Waals surface area contributed by atoms with E-state index in [9.17, 15) is 0 Å². The molecule has 3 aliphatic heterocycles. The molecule has 4 heteroatoms. The molecule has 3 saturated heterocycles. The van der Waals surface area contributed by atoms with Crippen molar-refractivity contribution < 1.29 is 9.47 Å². The molecule has 1 N–H and O–H groups in total. The van der Waals surface area contributed by atoms with Gasteiger partial charge in [-0.2, -0.15) is 0 Å². The number of rotatable bonds is 1. The monoisotopic (exact) mass is 198 g/mol. The molecule has 3 aliphatic rings. The van der Waals surface area contributed by atoms with Crippen molar-refractivity contribution >= 4 is 0 Å². The summed E-state index contributed by atoms with van der Waals surface area (Å²) in [5.74, 6) is 0. The van der Waals surface area contributed by atoms with Crippen LogP contribution in [0.3, 0.4) is 0 Å². The molecule has 4 nitrogen and oxygen atoms in total. The van der Waals surface area contributed by atoms with E-state index >= 15 is 0 Å². The Hall–Kier alpha value is -0.160. The van der Waals surface area contributed by atoms with Crippen molar-refractivity contribution in [2.24, 2.45) is 0 Å². The standard InChI is InChI=1S/C10H18N2O2/c1-3-13-4-2-12(1)9-5-10(14-6-9)7-11-8-10/h9,11H,1-8H2. The molecular formula is C10H18N2O2. The summed E-state index contributed by atoms with van der Waals surface area (Å²) >= 11 is 0. The van der Waals surface area contributed by atoms with E-state index < -0.39 is 0 Å². The molecule has 0 bridgehead atoms. The fourth-order valence-corrected chi connectivity index (χ4v) is 2.65. The number of ether oxygens (including phenoxy) is 2. The lowest BCUT2D eigenvalue weighted by Gasteiger charge is -2.39. The first kappa shape index (κ1) is 9.09. The molecule has 3 fully saturated rings. The minimum absolute atomic E-state index is 0.197. The molecule has 3 rings (SSSR count). The summed E-state index contributed by atoms with van der Waals surface area (Å²) in [4.78, 5) is 2.52. The molecule has 0 aromatic rings. The predicted molar refractivity (Wildman–Crippen MR) is 52.3 cm³/mol.